The summed E-state index contributed by atoms with van der Waals surface area (Å²) in [6, 6.07) is 5.57. The van der Waals surface area contributed by atoms with E-state index in [4.69, 9.17) is 4.74 Å². The van der Waals surface area contributed by atoms with Crippen LogP contribution in [0.3, 0.4) is 0 Å². The lowest BCUT2D eigenvalue weighted by molar-refractivity contribution is -0.140. The van der Waals surface area contributed by atoms with E-state index in [9.17, 15) is 19.8 Å². The molecule has 1 rings (SSSR count). The summed E-state index contributed by atoms with van der Waals surface area (Å²) in [5, 5.41) is 18.7. The molecule has 0 saturated heterocycles. The van der Waals surface area contributed by atoms with E-state index in [-0.39, 0.29) is 16.6 Å². The zero-order chi connectivity index (χ0) is 20.3. The highest BCUT2D eigenvalue weighted by molar-refractivity contribution is 6.18. The molecule has 1 aromatic carbocycles. The molecule has 1 aromatic rings. The number of hydrogen-bond acceptors (Lipinski definition) is 3. The first-order chi connectivity index (χ1) is 11.8. The average molecular weight is 362 g/mol. The molecule has 0 aliphatic rings. The van der Waals surface area contributed by atoms with Gasteiger partial charge in [0.1, 0.15) is 5.76 Å². The monoisotopic (exact) mass is 362 g/mol. The van der Waals surface area contributed by atoms with Crippen molar-refractivity contribution in [1.82, 2.24) is 0 Å². The highest BCUT2D eigenvalue weighted by atomic mass is 16.5. The van der Waals surface area contributed by atoms with Crippen molar-refractivity contribution in [2.24, 2.45) is 10.8 Å². The van der Waals surface area contributed by atoms with Crippen LogP contribution >= 0.6 is 0 Å². The summed E-state index contributed by atoms with van der Waals surface area (Å²) >= 11 is 0. The van der Waals surface area contributed by atoms with Gasteiger partial charge in [-0.05, 0) is 34.8 Å². The zero-order valence-electron chi connectivity index (χ0n) is 16.8. The van der Waals surface area contributed by atoms with Crippen LogP contribution < -0.4 is 0 Å². The van der Waals surface area contributed by atoms with Crippen molar-refractivity contribution in [2.45, 2.75) is 54.4 Å². The Bertz CT molecular complexity index is 699. The summed E-state index contributed by atoms with van der Waals surface area (Å²) in [4.78, 5) is 23.0. The molecule has 0 radical (unpaired) electrons. The van der Waals surface area contributed by atoms with Gasteiger partial charge in [-0.2, -0.15) is 0 Å². The van der Waals surface area contributed by atoms with Crippen LogP contribution in [-0.2, 0) is 27.2 Å². The fraction of sp³-hybridized carbons (Fsp3) is 0.524. The third kappa shape index (κ3) is 5.90. The number of aliphatic carboxylic acids is 2. The normalized spacial score (nSPS) is 11.8. The summed E-state index contributed by atoms with van der Waals surface area (Å²) in [5.41, 5.74) is 1.76. The van der Waals surface area contributed by atoms with Crippen LogP contribution in [0.15, 0.2) is 23.8 Å². The lowest BCUT2D eigenvalue weighted by Crippen LogP contribution is -2.19. The van der Waals surface area contributed by atoms with Crippen LogP contribution in [0.1, 0.15) is 58.2 Å². The van der Waals surface area contributed by atoms with E-state index in [2.05, 4.69) is 41.5 Å². The summed E-state index contributed by atoms with van der Waals surface area (Å²) < 4.78 is 5.28. The fourth-order valence-corrected chi connectivity index (χ4v) is 2.96. The third-order valence-corrected chi connectivity index (χ3v) is 3.80. The van der Waals surface area contributed by atoms with Crippen molar-refractivity contribution >= 4 is 17.7 Å². The number of ether oxygens (including phenoxy) is 1. The molecule has 0 amide bonds. The SMILES string of the molecule is COC(=C(C(=O)O)C(=O)O)c1cccc(CC(C)(C)C)c1CC(C)(C)C. The van der Waals surface area contributed by atoms with Crippen LogP contribution in [-0.4, -0.2) is 29.3 Å². The van der Waals surface area contributed by atoms with Gasteiger partial charge in [0.2, 0.25) is 0 Å². The minimum absolute atomic E-state index is 0.0324. The lowest BCUT2D eigenvalue weighted by atomic mass is 9.79. The Morgan fingerprint density at radius 2 is 1.42 bits per heavy atom. The first-order valence-electron chi connectivity index (χ1n) is 8.63. The Balaban J connectivity index is 3.78. The predicted octanol–water partition coefficient (Wildman–Crippen LogP) is 4.39. The van der Waals surface area contributed by atoms with Crippen molar-refractivity contribution < 1.29 is 24.5 Å². The second-order valence-electron chi connectivity index (χ2n) is 8.94. The van der Waals surface area contributed by atoms with Crippen molar-refractivity contribution in [2.75, 3.05) is 7.11 Å². The van der Waals surface area contributed by atoms with Crippen LogP contribution in [0.25, 0.3) is 5.76 Å². The molecule has 0 atom stereocenters. The summed E-state index contributed by atoms with van der Waals surface area (Å²) in [6.07, 6.45) is 1.46. The Kier molecular flexibility index (Phi) is 6.64. The molecule has 144 valence electrons. The number of carboxylic acid groups (broad SMARTS) is 2. The largest absolute Gasteiger partial charge is 0.495 e. The molecular weight excluding hydrogens is 332 g/mol. The van der Waals surface area contributed by atoms with E-state index in [1.54, 1.807) is 6.07 Å². The van der Waals surface area contributed by atoms with Gasteiger partial charge in [-0.1, -0.05) is 59.7 Å². The average Bonchev–Trinajstić information content (AvgIpc) is 2.42. The van der Waals surface area contributed by atoms with Gasteiger partial charge >= 0.3 is 11.9 Å². The Morgan fingerprint density at radius 1 is 0.923 bits per heavy atom. The van der Waals surface area contributed by atoms with E-state index in [0.29, 0.717) is 12.0 Å². The smallest absolute Gasteiger partial charge is 0.347 e. The number of rotatable bonds is 6. The molecule has 0 aromatic heterocycles. The van der Waals surface area contributed by atoms with Crippen LogP contribution in [0.5, 0.6) is 0 Å². The minimum atomic E-state index is -1.52. The van der Waals surface area contributed by atoms with Crippen LogP contribution in [0.4, 0.5) is 0 Å². The molecule has 0 aliphatic carbocycles. The molecule has 0 aliphatic heterocycles. The number of benzene rings is 1. The second kappa shape index (κ2) is 7.94. The van der Waals surface area contributed by atoms with Crippen LogP contribution in [0.2, 0.25) is 0 Å². The van der Waals surface area contributed by atoms with Gasteiger partial charge in [0.15, 0.2) is 5.57 Å². The summed E-state index contributed by atoms with van der Waals surface area (Å²) in [5.74, 6) is -3.14. The first kappa shape index (κ1) is 21.7. The minimum Gasteiger partial charge on any atom is -0.495 e. The van der Waals surface area contributed by atoms with Crippen molar-refractivity contribution in [1.29, 1.82) is 0 Å². The molecular formula is C21H30O5. The van der Waals surface area contributed by atoms with Crippen molar-refractivity contribution in [3.63, 3.8) is 0 Å². The van der Waals surface area contributed by atoms with E-state index >= 15 is 0 Å². The second-order valence-corrected chi connectivity index (χ2v) is 8.94. The Morgan fingerprint density at radius 3 is 1.81 bits per heavy atom. The quantitative estimate of drug-likeness (QED) is 0.339. The lowest BCUT2D eigenvalue weighted by Gasteiger charge is -2.27. The molecule has 5 nitrogen and oxygen atoms in total. The standard InChI is InChI=1S/C21H30O5/c1-20(2,3)11-13-9-8-10-14(15(13)12-21(4,5)6)17(26-7)16(18(22)23)19(24)25/h8-10H,11-12H2,1-7H3,(H,22,23)(H,24,25). The molecule has 0 saturated carbocycles. The fourth-order valence-electron chi connectivity index (χ4n) is 2.96. The summed E-state index contributed by atoms with van der Waals surface area (Å²) in [7, 11) is 1.30. The van der Waals surface area contributed by atoms with E-state index < -0.39 is 17.5 Å². The molecule has 5 heteroatoms. The van der Waals surface area contributed by atoms with Gasteiger partial charge in [-0.3, -0.25) is 0 Å². The maximum Gasteiger partial charge on any atom is 0.347 e. The molecule has 26 heavy (non-hydrogen) atoms. The van der Waals surface area contributed by atoms with Crippen molar-refractivity contribution in [3.05, 3.63) is 40.5 Å². The maximum absolute atomic E-state index is 11.5. The summed E-state index contributed by atoms with van der Waals surface area (Å²) in [6.45, 7) is 12.7. The van der Waals surface area contributed by atoms with Gasteiger partial charge < -0.3 is 14.9 Å². The molecule has 0 bridgehead atoms. The number of methoxy groups -OCH3 is 1. The van der Waals surface area contributed by atoms with Gasteiger partial charge in [-0.15, -0.1) is 0 Å². The highest BCUT2D eigenvalue weighted by Gasteiger charge is 2.28. The maximum atomic E-state index is 11.5. The Hall–Kier alpha value is -2.30. The molecule has 0 spiro atoms. The van der Waals surface area contributed by atoms with E-state index in [1.165, 1.54) is 7.11 Å². The van der Waals surface area contributed by atoms with E-state index in [0.717, 1.165) is 17.5 Å². The Labute approximate surface area is 155 Å². The van der Waals surface area contributed by atoms with Crippen molar-refractivity contribution in [3.8, 4) is 0 Å². The van der Waals surface area contributed by atoms with E-state index in [1.807, 2.05) is 12.1 Å². The topological polar surface area (TPSA) is 83.8 Å². The van der Waals surface area contributed by atoms with Crippen LogP contribution in [0, 0.1) is 10.8 Å². The number of carboxylic acids is 2. The highest BCUT2D eigenvalue weighted by Crippen LogP contribution is 2.34. The predicted molar refractivity (Wildman–Crippen MR) is 102 cm³/mol. The molecule has 2 N–H and O–H groups in total. The first-order valence-corrected chi connectivity index (χ1v) is 8.63. The molecule has 0 heterocycles. The molecule has 0 unspecified atom stereocenters. The number of carbonyl (C=O) groups is 2. The van der Waals surface area contributed by atoms with Gasteiger partial charge in [-0.25, -0.2) is 9.59 Å². The van der Waals surface area contributed by atoms with Gasteiger partial charge in [0.05, 0.1) is 7.11 Å². The van der Waals surface area contributed by atoms with Gasteiger partial charge in [0.25, 0.3) is 0 Å². The molecule has 0 fully saturated rings. The zero-order valence-corrected chi connectivity index (χ0v) is 16.8. The van der Waals surface area contributed by atoms with Gasteiger partial charge in [0, 0.05) is 5.56 Å². The third-order valence-electron chi connectivity index (χ3n) is 3.80. The number of hydrogen-bond donors (Lipinski definition) is 2.